The Morgan fingerprint density at radius 1 is 1.03 bits per heavy atom. The maximum atomic E-state index is 12.4. The fourth-order valence-corrected chi connectivity index (χ4v) is 3.02. The SMILES string of the molecule is CCCCCCOc1ccc(C(=O)NNC(=O)c2ccc(-n3cncn3)c([N+](=O)[O-])c2)cc1. The molecule has 2 N–H and O–H groups in total. The van der Waals surface area contributed by atoms with Gasteiger partial charge in [0.15, 0.2) is 0 Å². The highest BCUT2D eigenvalue weighted by molar-refractivity contribution is 5.99. The Bertz CT molecular complexity index is 1100. The summed E-state index contributed by atoms with van der Waals surface area (Å²) in [5, 5.41) is 15.3. The zero-order valence-corrected chi connectivity index (χ0v) is 18.1. The van der Waals surface area contributed by atoms with Crippen LogP contribution < -0.4 is 15.6 Å². The van der Waals surface area contributed by atoms with Gasteiger partial charge in [0.05, 0.1) is 11.5 Å². The molecule has 0 spiro atoms. The summed E-state index contributed by atoms with van der Waals surface area (Å²) < 4.78 is 6.87. The highest BCUT2D eigenvalue weighted by atomic mass is 16.6. The van der Waals surface area contributed by atoms with Gasteiger partial charge in [0, 0.05) is 17.2 Å². The average Bonchev–Trinajstić information content (AvgIpc) is 3.37. The number of amides is 2. The third-order valence-corrected chi connectivity index (χ3v) is 4.77. The number of hydrogen-bond acceptors (Lipinski definition) is 7. The molecule has 0 aliphatic rings. The number of benzene rings is 2. The van der Waals surface area contributed by atoms with E-state index in [4.69, 9.17) is 4.74 Å². The largest absolute Gasteiger partial charge is 0.494 e. The molecular weight excluding hydrogens is 428 g/mol. The number of carbonyl (C=O) groups is 2. The number of aromatic nitrogens is 3. The van der Waals surface area contributed by atoms with E-state index in [9.17, 15) is 19.7 Å². The van der Waals surface area contributed by atoms with Gasteiger partial charge >= 0.3 is 0 Å². The van der Waals surface area contributed by atoms with Gasteiger partial charge < -0.3 is 4.74 Å². The highest BCUT2D eigenvalue weighted by Gasteiger charge is 2.20. The lowest BCUT2D eigenvalue weighted by Crippen LogP contribution is -2.41. The van der Waals surface area contributed by atoms with E-state index in [2.05, 4.69) is 27.9 Å². The average molecular weight is 452 g/mol. The van der Waals surface area contributed by atoms with Crippen molar-refractivity contribution in [3.8, 4) is 11.4 Å². The smallest absolute Gasteiger partial charge is 0.295 e. The van der Waals surface area contributed by atoms with Crippen LogP contribution in [0.3, 0.4) is 0 Å². The van der Waals surface area contributed by atoms with Gasteiger partial charge in [0.25, 0.3) is 17.5 Å². The number of ether oxygens (including phenoxy) is 1. The molecule has 11 nitrogen and oxygen atoms in total. The van der Waals surface area contributed by atoms with E-state index in [0.717, 1.165) is 25.3 Å². The molecule has 0 atom stereocenters. The van der Waals surface area contributed by atoms with E-state index in [0.29, 0.717) is 17.9 Å². The molecular formula is C22H24N6O5. The third-order valence-electron chi connectivity index (χ3n) is 4.77. The first-order valence-corrected chi connectivity index (χ1v) is 10.5. The fourth-order valence-electron chi connectivity index (χ4n) is 3.02. The van der Waals surface area contributed by atoms with Gasteiger partial charge in [-0.25, -0.2) is 9.67 Å². The summed E-state index contributed by atoms with van der Waals surface area (Å²) >= 11 is 0. The molecule has 3 rings (SSSR count). The van der Waals surface area contributed by atoms with Crippen LogP contribution in [-0.4, -0.2) is 38.1 Å². The number of carbonyl (C=O) groups excluding carboxylic acids is 2. The van der Waals surface area contributed by atoms with E-state index >= 15 is 0 Å². The van der Waals surface area contributed by atoms with E-state index in [1.165, 1.54) is 35.9 Å². The number of hydrogen-bond donors (Lipinski definition) is 2. The minimum absolute atomic E-state index is 0.00214. The normalized spacial score (nSPS) is 10.5. The summed E-state index contributed by atoms with van der Waals surface area (Å²) in [5.41, 5.74) is 4.70. The van der Waals surface area contributed by atoms with E-state index in [-0.39, 0.29) is 16.9 Å². The monoisotopic (exact) mass is 452 g/mol. The second-order valence-corrected chi connectivity index (χ2v) is 7.14. The summed E-state index contributed by atoms with van der Waals surface area (Å²) in [6, 6.07) is 10.4. The molecule has 33 heavy (non-hydrogen) atoms. The maximum absolute atomic E-state index is 12.4. The van der Waals surface area contributed by atoms with Crippen LogP contribution in [-0.2, 0) is 0 Å². The van der Waals surface area contributed by atoms with Gasteiger partial charge in [0.1, 0.15) is 24.1 Å². The Morgan fingerprint density at radius 3 is 2.36 bits per heavy atom. The van der Waals surface area contributed by atoms with Crippen LogP contribution in [0.2, 0.25) is 0 Å². The number of nitro benzene ring substituents is 1. The standard InChI is InChI=1S/C22H24N6O5/c1-2-3-4-5-12-33-18-9-6-16(7-10-18)21(29)25-26-22(30)17-8-11-19(20(13-17)28(31)32)27-15-23-14-24-27/h6-11,13-15H,2-5,12H2,1H3,(H,25,29)(H,26,30). The molecule has 0 fully saturated rings. The van der Waals surface area contributed by atoms with Crippen molar-refractivity contribution in [2.75, 3.05) is 6.61 Å². The van der Waals surface area contributed by atoms with Crippen LogP contribution in [0.1, 0.15) is 53.3 Å². The lowest BCUT2D eigenvalue weighted by atomic mass is 10.1. The van der Waals surface area contributed by atoms with Crippen LogP contribution in [0, 0.1) is 10.1 Å². The molecule has 3 aromatic rings. The summed E-state index contributed by atoms with van der Waals surface area (Å²) in [6.45, 7) is 2.76. The van der Waals surface area contributed by atoms with Crippen molar-refractivity contribution in [1.82, 2.24) is 25.6 Å². The number of hydrazine groups is 1. The van der Waals surface area contributed by atoms with Crippen LogP contribution in [0.5, 0.6) is 5.75 Å². The van der Waals surface area contributed by atoms with Crippen molar-refractivity contribution >= 4 is 17.5 Å². The Kier molecular flexibility index (Phi) is 8.06. The summed E-state index contributed by atoms with van der Waals surface area (Å²) in [5.74, 6) is -0.581. The van der Waals surface area contributed by atoms with Crippen LogP contribution >= 0.6 is 0 Å². The first-order valence-electron chi connectivity index (χ1n) is 10.5. The van der Waals surface area contributed by atoms with Crippen molar-refractivity contribution in [3.63, 3.8) is 0 Å². The minimum Gasteiger partial charge on any atom is -0.494 e. The topological polar surface area (TPSA) is 141 Å². The number of rotatable bonds is 10. The zero-order chi connectivity index (χ0) is 23.6. The summed E-state index contributed by atoms with van der Waals surface area (Å²) in [7, 11) is 0. The van der Waals surface area contributed by atoms with Gasteiger partial charge in [-0.3, -0.25) is 30.6 Å². The first kappa shape index (κ1) is 23.4. The second-order valence-electron chi connectivity index (χ2n) is 7.14. The van der Waals surface area contributed by atoms with Gasteiger partial charge in [0.2, 0.25) is 0 Å². The molecule has 2 amide bonds. The number of nitrogens with zero attached hydrogens (tertiary/aromatic N) is 4. The van der Waals surface area contributed by atoms with Gasteiger partial charge in [-0.05, 0) is 42.8 Å². The molecule has 0 unspecified atom stereocenters. The molecule has 0 saturated carbocycles. The van der Waals surface area contributed by atoms with Crippen molar-refractivity contribution in [1.29, 1.82) is 0 Å². The van der Waals surface area contributed by atoms with Gasteiger partial charge in [-0.2, -0.15) is 5.10 Å². The predicted molar refractivity (Wildman–Crippen MR) is 119 cm³/mol. The van der Waals surface area contributed by atoms with Gasteiger partial charge in [-0.1, -0.05) is 26.2 Å². The summed E-state index contributed by atoms with van der Waals surface area (Å²) in [6.07, 6.45) is 6.97. The van der Waals surface area contributed by atoms with Gasteiger partial charge in [-0.15, -0.1) is 0 Å². The highest BCUT2D eigenvalue weighted by Crippen LogP contribution is 2.23. The van der Waals surface area contributed by atoms with Crippen molar-refractivity contribution < 1.29 is 19.2 Å². The van der Waals surface area contributed by atoms with E-state index in [1.54, 1.807) is 24.3 Å². The number of unbranched alkanes of at least 4 members (excludes halogenated alkanes) is 3. The maximum Gasteiger partial charge on any atom is 0.295 e. The Hall–Kier alpha value is -4.28. The molecule has 172 valence electrons. The Morgan fingerprint density at radius 2 is 1.73 bits per heavy atom. The third kappa shape index (κ3) is 6.35. The molecule has 2 aromatic carbocycles. The fraction of sp³-hybridized carbons (Fsp3) is 0.273. The molecule has 0 radical (unpaired) electrons. The van der Waals surface area contributed by atoms with Crippen LogP contribution in [0.15, 0.2) is 55.1 Å². The molecule has 0 bridgehead atoms. The van der Waals surface area contributed by atoms with Crippen LogP contribution in [0.4, 0.5) is 5.69 Å². The quantitative estimate of drug-likeness (QED) is 0.273. The first-order chi connectivity index (χ1) is 16.0. The molecule has 1 heterocycles. The molecule has 0 aliphatic carbocycles. The van der Waals surface area contributed by atoms with Crippen molar-refractivity contribution in [3.05, 3.63) is 76.4 Å². The Labute approximate surface area is 189 Å². The van der Waals surface area contributed by atoms with Crippen LogP contribution in [0.25, 0.3) is 5.69 Å². The predicted octanol–water partition coefficient (Wildman–Crippen LogP) is 3.21. The lowest BCUT2D eigenvalue weighted by Gasteiger charge is -2.10. The Balaban J connectivity index is 1.56. The van der Waals surface area contributed by atoms with E-state index < -0.39 is 16.7 Å². The number of nitro groups is 1. The second kappa shape index (κ2) is 11.4. The molecule has 0 aliphatic heterocycles. The van der Waals surface area contributed by atoms with E-state index in [1.807, 2.05) is 0 Å². The molecule has 0 saturated heterocycles. The van der Waals surface area contributed by atoms with Crippen molar-refractivity contribution in [2.24, 2.45) is 0 Å². The number of nitrogens with one attached hydrogen (secondary N) is 2. The zero-order valence-electron chi connectivity index (χ0n) is 18.1. The summed E-state index contributed by atoms with van der Waals surface area (Å²) in [4.78, 5) is 39.3. The molecule has 1 aromatic heterocycles. The minimum atomic E-state index is -0.705. The van der Waals surface area contributed by atoms with Crippen molar-refractivity contribution in [2.45, 2.75) is 32.6 Å². The molecule has 11 heteroatoms. The lowest BCUT2D eigenvalue weighted by molar-refractivity contribution is -0.384.